The number of rotatable bonds is 3. The minimum Gasteiger partial charge on any atom is -0.403 e. The molecule has 1 rings (SSSR count). The Morgan fingerprint density at radius 2 is 2.18 bits per heavy atom. The van der Waals surface area contributed by atoms with Gasteiger partial charge in [0.25, 0.3) is 0 Å². The second-order valence-electron chi connectivity index (χ2n) is 2.89. The molecule has 0 atom stereocenters. The molecular weight excluding hydrogens is 416 g/mol. The van der Waals surface area contributed by atoms with Crippen molar-refractivity contribution in [1.82, 2.24) is 4.98 Å². The molecule has 1 aromatic heterocycles. The summed E-state index contributed by atoms with van der Waals surface area (Å²) in [5.41, 5.74) is 0.542. The first-order valence-corrected chi connectivity index (χ1v) is 6.44. The molecule has 0 aliphatic heterocycles. The third kappa shape index (κ3) is 4.31. The summed E-state index contributed by atoms with van der Waals surface area (Å²) in [5, 5.41) is 8.63. The smallest absolute Gasteiger partial charge is 0.403 e. The highest BCUT2D eigenvalue weighted by atomic mass is 127. The van der Waals surface area contributed by atoms with Crippen LogP contribution in [0.3, 0.4) is 0 Å². The van der Waals surface area contributed by atoms with E-state index in [1.54, 1.807) is 22.6 Å². The van der Waals surface area contributed by atoms with E-state index < -0.39 is 6.36 Å². The highest BCUT2D eigenvalue weighted by Gasteiger charge is 2.33. The SMILES string of the molecule is N#CCc1cc(I)c(OC(F)(F)F)c(CBr)n1. The van der Waals surface area contributed by atoms with Crippen molar-refractivity contribution in [2.24, 2.45) is 0 Å². The van der Waals surface area contributed by atoms with E-state index >= 15 is 0 Å². The van der Waals surface area contributed by atoms with Gasteiger partial charge in [-0.1, -0.05) is 15.9 Å². The maximum Gasteiger partial charge on any atom is 0.573 e. The average molecular weight is 421 g/mol. The highest BCUT2D eigenvalue weighted by molar-refractivity contribution is 14.1. The molecule has 0 aliphatic carbocycles. The van der Waals surface area contributed by atoms with Gasteiger partial charge in [0.05, 0.1) is 27.4 Å². The zero-order valence-corrected chi connectivity index (χ0v) is 11.9. The van der Waals surface area contributed by atoms with Crippen LogP contribution in [0.15, 0.2) is 6.07 Å². The number of aromatic nitrogens is 1. The number of alkyl halides is 4. The lowest BCUT2D eigenvalue weighted by atomic mass is 10.2. The maximum atomic E-state index is 12.2. The van der Waals surface area contributed by atoms with Gasteiger partial charge in [0.1, 0.15) is 0 Å². The van der Waals surface area contributed by atoms with E-state index in [-0.39, 0.29) is 26.8 Å². The number of ether oxygens (including phenoxy) is 1. The fourth-order valence-corrected chi connectivity index (χ4v) is 2.25. The molecule has 0 bridgehead atoms. The van der Waals surface area contributed by atoms with Crippen LogP contribution in [0.4, 0.5) is 13.2 Å². The zero-order chi connectivity index (χ0) is 13.1. The Balaban J connectivity index is 3.17. The van der Waals surface area contributed by atoms with Crippen molar-refractivity contribution in [3.05, 3.63) is 21.0 Å². The van der Waals surface area contributed by atoms with Crippen LogP contribution in [0.2, 0.25) is 0 Å². The Labute approximate surface area is 117 Å². The topological polar surface area (TPSA) is 45.9 Å². The summed E-state index contributed by atoms with van der Waals surface area (Å²) in [7, 11) is 0. The Morgan fingerprint density at radius 3 is 2.65 bits per heavy atom. The molecule has 0 unspecified atom stereocenters. The molecule has 0 fully saturated rings. The lowest BCUT2D eigenvalue weighted by Gasteiger charge is -2.14. The molecule has 8 heteroatoms. The number of nitriles is 1. The second-order valence-corrected chi connectivity index (χ2v) is 4.61. The van der Waals surface area contributed by atoms with Crippen molar-refractivity contribution in [1.29, 1.82) is 5.26 Å². The molecule has 1 heterocycles. The first kappa shape index (κ1) is 14.5. The molecule has 0 N–H and O–H groups in total. The van der Waals surface area contributed by atoms with Gasteiger partial charge in [-0.3, -0.25) is 4.98 Å². The van der Waals surface area contributed by atoms with Crippen molar-refractivity contribution in [3.8, 4) is 11.8 Å². The maximum absolute atomic E-state index is 12.2. The molecule has 0 aromatic carbocycles. The summed E-state index contributed by atoms with van der Waals surface area (Å²) in [6.45, 7) is 0. The van der Waals surface area contributed by atoms with E-state index in [1.807, 2.05) is 6.07 Å². The van der Waals surface area contributed by atoms with Gasteiger partial charge in [-0.25, -0.2) is 0 Å². The van der Waals surface area contributed by atoms with Gasteiger partial charge in [-0.15, -0.1) is 13.2 Å². The van der Waals surface area contributed by atoms with Gasteiger partial charge in [0, 0.05) is 5.33 Å². The Kier molecular flexibility index (Phi) is 5.00. The lowest BCUT2D eigenvalue weighted by Crippen LogP contribution is -2.19. The van der Waals surface area contributed by atoms with Crippen LogP contribution in [-0.4, -0.2) is 11.3 Å². The monoisotopic (exact) mass is 420 g/mol. The van der Waals surface area contributed by atoms with E-state index in [0.717, 1.165) is 0 Å². The van der Waals surface area contributed by atoms with Crippen LogP contribution in [0.25, 0.3) is 0 Å². The predicted octanol–water partition coefficient (Wildman–Crippen LogP) is 3.55. The van der Waals surface area contributed by atoms with Crippen LogP contribution >= 0.6 is 38.5 Å². The van der Waals surface area contributed by atoms with Crippen molar-refractivity contribution >= 4 is 38.5 Å². The first-order chi connectivity index (χ1) is 7.87. The van der Waals surface area contributed by atoms with Gasteiger partial charge < -0.3 is 4.74 Å². The first-order valence-electron chi connectivity index (χ1n) is 4.24. The second kappa shape index (κ2) is 5.86. The molecule has 0 amide bonds. The molecule has 1 aromatic rings. The van der Waals surface area contributed by atoms with E-state index in [9.17, 15) is 13.2 Å². The number of nitrogens with zero attached hydrogens (tertiary/aromatic N) is 2. The van der Waals surface area contributed by atoms with E-state index in [1.165, 1.54) is 6.07 Å². The third-order valence-corrected chi connectivity index (χ3v) is 2.99. The molecule has 0 aliphatic rings. The quantitative estimate of drug-likeness (QED) is 0.555. The predicted molar refractivity (Wildman–Crippen MR) is 65.6 cm³/mol. The van der Waals surface area contributed by atoms with Gasteiger partial charge in [0.15, 0.2) is 5.75 Å². The van der Waals surface area contributed by atoms with E-state index in [0.29, 0.717) is 5.69 Å². The molecule has 3 nitrogen and oxygen atoms in total. The van der Waals surface area contributed by atoms with Crippen molar-refractivity contribution in [2.45, 2.75) is 18.1 Å². The molecular formula is C9H5BrF3IN2O. The molecule has 0 radical (unpaired) electrons. The average Bonchev–Trinajstić information content (AvgIpc) is 2.20. The number of hydrogen-bond donors (Lipinski definition) is 0. The molecule has 0 saturated heterocycles. The van der Waals surface area contributed by atoms with Crippen LogP contribution in [0.1, 0.15) is 11.4 Å². The third-order valence-electron chi connectivity index (χ3n) is 1.66. The van der Waals surface area contributed by atoms with Gasteiger partial charge >= 0.3 is 6.36 Å². The molecule has 17 heavy (non-hydrogen) atoms. The number of hydrogen-bond acceptors (Lipinski definition) is 3. The Bertz CT molecular complexity index is 459. The van der Waals surface area contributed by atoms with Crippen LogP contribution in [0.5, 0.6) is 5.75 Å². The van der Waals surface area contributed by atoms with E-state index in [2.05, 4.69) is 25.7 Å². The summed E-state index contributed by atoms with van der Waals surface area (Å²) < 4.78 is 40.7. The van der Waals surface area contributed by atoms with Gasteiger partial charge in [-0.2, -0.15) is 5.26 Å². The number of pyridine rings is 1. The normalized spacial score (nSPS) is 11.1. The summed E-state index contributed by atoms with van der Waals surface area (Å²) in [6, 6.07) is 3.29. The Morgan fingerprint density at radius 1 is 1.53 bits per heavy atom. The van der Waals surface area contributed by atoms with Crippen molar-refractivity contribution in [2.75, 3.05) is 0 Å². The standard InChI is InChI=1S/C9H5BrF3IN2O/c10-4-7-8(17-9(11,12)13)6(14)3-5(16-7)1-2-15/h3H,1,4H2. The van der Waals surface area contributed by atoms with E-state index in [4.69, 9.17) is 5.26 Å². The highest BCUT2D eigenvalue weighted by Crippen LogP contribution is 2.32. The summed E-state index contributed by atoms with van der Waals surface area (Å²) in [4.78, 5) is 3.93. The minimum absolute atomic E-state index is 0.0439. The zero-order valence-electron chi connectivity index (χ0n) is 8.18. The van der Waals surface area contributed by atoms with Crippen LogP contribution in [-0.2, 0) is 11.8 Å². The van der Waals surface area contributed by atoms with Crippen LogP contribution < -0.4 is 4.74 Å². The van der Waals surface area contributed by atoms with Crippen LogP contribution in [0, 0.1) is 14.9 Å². The fourth-order valence-electron chi connectivity index (χ4n) is 1.09. The number of halogens is 5. The largest absolute Gasteiger partial charge is 0.573 e. The van der Waals surface area contributed by atoms with Crippen molar-refractivity contribution in [3.63, 3.8) is 0 Å². The molecule has 0 saturated carbocycles. The summed E-state index contributed by atoms with van der Waals surface area (Å²) in [6.07, 6.45) is -4.71. The summed E-state index contributed by atoms with van der Waals surface area (Å²) >= 11 is 4.76. The minimum atomic E-state index is -4.75. The van der Waals surface area contributed by atoms with Crippen molar-refractivity contribution < 1.29 is 17.9 Å². The Hall–Kier alpha value is -0.560. The van der Waals surface area contributed by atoms with Gasteiger partial charge in [-0.05, 0) is 28.7 Å². The van der Waals surface area contributed by atoms with Gasteiger partial charge in [0.2, 0.25) is 0 Å². The molecule has 92 valence electrons. The lowest BCUT2D eigenvalue weighted by molar-refractivity contribution is -0.275. The fraction of sp³-hybridized carbons (Fsp3) is 0.333. The summed E-state index contributed by atoms with van der Waals surface area (Å²) in [5.74, 6) is -0.323. The molecule has 0 spiro atoms.